The van der Waals surface area contributed by atoms with Crippen molar-refractivity contribution in [1.82, 2.24) is 4.90 Å². The van der Waals surface area contributed by atoms with Crippen LogP contribution in [-0.4, -0.2) is 42.1 Å². The zero-order chi connectivity index (χ0) is 12.9. The molecule has 0 saturated carbocycles. The molecule has 0 spiro atoms. The van der Waals surface area contributed by atoms with Crippen LogP contribution in [0.15, 0.2) is 0 Å². The van der Waals surface area contributed by atoms with Crippen molar-refractivity contribution < 1.29 is 27.5 Å². The summed E-state index contributed by atoms with van der Waals surface area (Å²) in [6.07, 6.45) is -4.54. The molecular weight excluding hydrogens is 227 g/mol. The van der Waals surface area contributed by atoms with Crippen LogP contribution in [0.5, 0.6) is 0 Å². The van der Waals surface area contributed by atoms with E-state index >= 15 is 0 Å². The molecular formula is C9H14F3NO3. The first-order valence-electron chi connectivity index (χ1n) is 4.73. The van der Waals surface area contributed by atoms with Crippen molar-refractivity contribution in [2.24, 2.45) is 0 Å². The zero-order valence-electron chi connectivity index (χ0n) is 9.30. The minimum Gasteiger partial charge on any atom is -0.459 e. The molecule has 0 aromatic heterocycles. The molecule has 0 aliphatic carbocycles. The van der Waals surface area contributed by atoms with Crippen molar-refractivity contribution in [2.75, 3.05) is 13.2 Å². The predicted octanol–water partition coefficient (Wildman–Crippen LogP) is 1.35. The van der Waals surface area contributed by atoms with Gasteiger partial charge in [-0.25, -0.2) is 4.79 Å². The predicted molar refractivity (Wildman–Crippen MR) is 49.5 cm³/mol. The Labute approximate surface area is 91.4 Å². The number of carbonyl (C=O) groups excluding carboxylic acids is 2. The van der Waals surface area contributed by atoms with Crippen LogP contribution >= 0.6 is 0 Å². The van der Waals surface area contributed by atoms with Crippen LogP contribution in [0.2, 0.25) is 0 Å². The van der Waals surface area contributed by atoms with Crippen LogP contribution in [0.1, 0.15) is 20.8 Å². The van der Waals surface area contributed by atoms with Crippen molar-refractivity contribution in [3.05, 3.63) is 0 Å². The van der Waals surface area contributed by atoms with E-state index in [1.54, 1.807) is 0 Å². The average molecular weight is 241 g/mol. The molecule has 0 aromatic rings. The molecule has 94 valence electrons. The molecule has 0 fully saturated rings. The van der Waals surface area contributed by atoms with Gasteiger partial charge in [0, 0.05) is 6.04 Å². The van der Waals surface area contributed by atoms with Gasteiger partial charge < -0.3 is 9.64 Å². The summed E-state index contributed by atoms with van der Waals surface area (Å²) in [5.41, 5.74) is 0. The highest BCUT2D eigenvalue weighted by molar-refractivity contribution is 6.32. The molecule has 0 saturated heterocycles. The van der Waals surface area contributed by atoms with Gasteiger partial charge in [0.15, 0.2) is 0 Å². The van der Waals surface area contributed by atoms with Crippen molar-refractivity contribution in [1.29, 1.82) is 0 Å². The van der Waals surface area contributed by atoms with E-state index in [0.717, 1.165) is 0 Å². The fourth-order valence-corrected chi connectivity index (χ4v) is 0.992. The van der Waals surface area contributed by atoms with Crippen LogP contribution in [0.25, 0.3) is 0 Å². The van der Waals surface area contributed by atoms with Gasteiger partial charge in [-0.05, 0) is 20.8 Å². The van der Waals surface area contributed by atoms with Gasteiger partial charge in [-0.3, -0.25) is 4.79 Å². The molecule has 1 amide bonds. The molecule has 7 heteroatoms. The van der Waals surface area contributed by atoms with Crippen LogP contribution in [0.3, 0.4) is 0 Å². The molecule has 0 bridgehead atoms. The smallest absolute Gasteiger partial charge is 0.406 e. The molecule has 0 aliphatic heterocycles. The number of nitrogens with zero attached hydrogens (tertiary/aromatic N) is 1. The van der Waals surface area contributed by atoms with E-state index in [9.17, 15) is 22.8 Å². The topological polar surface area (TPSA) is 46.6 Å². The van der Waals surface area contributed by atoms with Crippen molar-refractivity contribution in [2.45, 2.75) is 33.0 Å². The Morgan fingerprint density at radius 2 is 1.81 bits per heavy atom. The van der Waals surface area contributed by atoms with E-state index in [-0.39, 0.29) is 6.61 Å². The molecule has 0 N–H and O–H groups in total. The van der Waals surface area contributed by atoms with E-state index in [0.29, 0.717) is 4.90 Å². The molecule has 0 radical (unpaired) electrons. The summed E-state index contributed by atoms with van der Waals surface area (Å²) in [5.74, 6) is -2.53. The number of carbonyl (C=O) groups is 2. The van der Waals surface area contributed by atoms with Gasteiger partial charge in [-0.15, -0.1) is 0 Å². The lowest BCUT2D eigenvalue weighted by Gasteiger charge is -2.26. The number of halogens is 3. The van der Waals surface area contributed by atoms with Crippen LogP contribution < -0.4 is 0 Å². The fourth-order valence-electron chi connectivity index (χ4n) is 0.992. The third-order valence-electron chi connectivity index (χ3n) is 1.68. The molecule has 0 aromatic carbocycles. The lowest BCUT2D eigenvalue weighted by molar-refractivity contribution is -0.174. The summed E-state index contributed by atoms with van der Waals surface area (Å²) in [4.78, 5) is 22.7. The molecule has 0 aliphatic rings. The quantitative estimate of drug-likeness (QED) is 0.553. The maximum atomic E-state index is 12.1. The van der Waals surface area contributed by atoms with E-state index < -0.39 is 30.6 Å². The molecule has 16 heavy (non-hydrogen) atoms. The minimum atomic E-state index is -4.54. The Balaban J connectivity index is 4.67. The summed E-state index contributed by atoms with van der Waals surface area (Å²) in [5, 5.41) is 0. The number of esters is 1. The number of alkyl halides is 3. The Kier molecular flexibility index (Phi) is 5.26. The van der Waals surface area contributed by atoms with Crippen LogP contribution in [0.4, 0.5) is 13.2 Å². The summed E-state index contributed by atoms with van der Waals surface area (Å²) >= 11 is 0. The summed E-state index contributed by atoms with van der Waals surface area (Å²) < 4.78 is 40.7. The largest absolute Gasteiger partial charge is 0.459 e. The number of hydrogen-bond donors (Lipinski definition) is 0. The second-order valence-corrected chi connectivity index (χ2v) is 3.36. The van der Waals surface area contributed by atoms with Gasteiger partial charge in [0.2, 0.25) is 0 Å². The average Bonchev–Trinajstić information content (AvgIpc) is 2.11. The highest BCUT2D eigenvalue weighted by Gasteiger charge is 2.36. The highest BCUT2D eigenvalue weighted by atomic mass is 19.4. The SMILES string of the molecule is CCOC(=O)C(=O)N(CC(F)(F)F)C(C)C. The first kappa shape index (κ1) is 14.7. The van der Waals surface area contributed by atoms with Gasteiger partial charge in [-0.1, -0.05) is 0 Å². The molecule has 0 atom stereocenters. The third kappa shape index (κ3) is 4.99. The van der Waals surface area contributed by atoms with Crippen LogP contribution in [-0.2, 0) is 14.3 Å². The normalized spacial score (nSPS) is 11.4. The number of amides is 1. The zero-order valence-corrected chi connectivity index (χ0v) is 9.30. The summed E-state index contributed by atoms with van der Waals surface area (Å²) in [7, 11) is 0. The standard InChI is InChI=1S/C9H14F3NO3/c1-4-16-8(15)7(14)13(6(2)3)5-9(10,11)12/h6H,4-5H2,1-3H3. The Bertz CT molecular complexity index is 263. The van der Waals surface area contributed by atoms with Gasteiger partial charge >= 0.3 is 18.1 Å². The monoisotopic (exact) mass is 241 g/mol. The van der Waals surface area contributed by atoms with Crippen molar-refractivity contribution in [3.8, 4) is 0 Å². The molecule has 0 unspecified atom stereocenters. The maximum absolute atomic E-state index is 12.1. The second kappa shape index (κ2) is 5.72. The van der Waals surface area contributed by atoms with E-state index in [1.807, 2.05) is 0 Å². The molecule has 4 nitrogen and oxygen atoms in total. The lowest BCUT2D eigenvalue weighted by Crippen LogP contribution is -2.46. The maximum Gasteiger partial charge on any atom is 0.406 e. The molecule has 0 heterocycles. The highest BCUT2D eigenvalue weighted by Crippen LogP contribution is 2.18. The van der Waals surface area contributed by atoms with Crippen molar-refractivity contribution in [3.63, 3.8) is 0 Å². The van der Waals surface area contributed by atoms with Crippen LogP contribution in [0, 0.1) is 0 Å². The number of hydrogen-bond acceptors (Lipinski definition) is 3. The van der Waals surface area contributed by atoms with Gasteiger partial charge in [-0.2, -0.15) is 13.2 Å². The lowest BCUT2D eigenvalue weighted by atomic mass is 10.3. The molecule has 0 rings (SSSR count). The van der Waals surface area contributed by atoms with E-state index in [4.69, 9.17) is 0 Å². The van der Waals surface area contributed by atoms with Crippen molar-refractivity contribution >= 4 is 11.9 Å². The van der Waals surface area contributed by atoms with Gasteiger partial charge in [0.25, 0.3) is 0 Å². The number of rotatable bonds is 3. The summed E-state index contributed by atoms with van der Waals surface area (Å²) in [6, 6.07) is -0.724. The van der Waals surface area contributed by atoms with E-state index in [2.05, 4.69) is 4.74 Å². The summed E-state index contributed by atoms with van der Waals surface area (Å²) in [6.45, 7) is 2.74. The first-order valence-corrected chi connectivity index (χ1v) is 4.73. The second-order valence-electron chi connectivity index (χ2n) is 3.36. The van der Waals surface area contributed by atoms with E-state index in [1.165, 1.54) is 20.8 Å². The Morgan fingerprint density at radius 3 is 2.12 bits per heavy atom. The fraction of sp³-hybridized carbons (Fsp3) is 0.778. The minimum absolute atomic E-state index is 0.0530. The Hall–Kier alpha value is -1.27. The third-order valence-corrected chi connectivity index (χ3v) is 1.68. The van der Waals surface area contributed by atoms with Gasteiger partial charge in [0.1, 0.15) is 6.54 Å². The number of ether oxygens (including phenoxy) is 1. The first-order chi connectivity index (χ1) is 7.19. The van der Waals surface area contributed by atoms with Gasteiger partial charge in [0.05, 0.1) is 6.61 Å². The Morgan fingerprint density at radius 1 is 1.31 bits per heavy atom.